The van der Waals surface area contributed by atoms with E-state index < -0.39 is 0 Å². The summed E-state index contributed by atoms with van der Waals surface area (Å²) >= 11 is 0. The lowest BCUT2D eigenvalue weighted by Crippen LogP contribution is -2.39. The highest BCUT2D eigenvalue weighted by molar-refractivity contribution is 4.72. The predicted molar refractivity (Wildman–Crippen MR) is 75.5 cm³/mol. The fraction of sp³-hybridized carbons (Fsp3) is 1.00. The maximum absolute atomic E-state index is 3.55. The lowest BCUT2D eigenvalue weighted by Gasteiger charge is -2.32. The standard InChI is InChI=1S/C14H31N3/c1-4-14-7-5-11-17(13-14)12-9-15-8-6-10-16(2)3/h14-15H,4-13H2,1-3H3. The van der Waals surface area contributed by atoms with Crippen molar-refractivity contribution in [3.05, 3.63) is 0 Å². The van der Waals surface area contributed by atoms with Gasteiger partial charge in [0.2, 0.25) is 0 Å². The van der Waals surface area contributed by atoms with Crippen LogP contribution in [0.3, 0.4) is 0 Å². The molecule has 0 radical (unpaired) electrons. The molecule has 1 heterocycles. The molecule has 0 saturated carbocycles. The molecule has 102 valence electrons. The molecule has 17 heavy (non-hydrogen) atoms. The minimum atomic E-state index is 0.956. The minimum Gasteiger partial charge on any atom is -0.315 e. The summed E-state index contributed by atoms with van der Waals surface area (Å²) in [5, 5.41) is 3.55. The highest BCUT2D eigenvalue weighted by atomic mass is 15.1. The maximum Gasteiger partial charge on any atom is 0.0107 e. The van der Waals surface area contributed by atoms with Crippen molar-refractivity contribution >= 4 is 0 Å². The van der Waals surface area contributed by atoms with Crippen LogP contribution < -0.4 is 5.32 Å². The van der Waals surface area contributed by atoms with Gasteiger partial charge in [-0.2, -0.15) is 0 Å². The number of hydrogen-bond acceptors (Lipinski definition) is 3. The van der Waals surface area contributed by atoms with Crippen molar-refractivity contribution in [3.8, 4) is 0 Å². The topological polar surface area (TPSA) is 18.5 Å². The second-order valence-corrected chi connectivity index (χ2v) is 5.62. The Morgan fingerprint density at radius 2 is 2.12 bits per heavy atom. The van der Waals surface area contributed by atoms with Crippen molar-refractivity contribution in [1.29, 1.82) is 0 Å². The van der Waals surface area contributed by atoms with E-state index in [0.717, 1.165) is 19.0 Å². The number of likely N-dealkylation sites (tertiary alicyclic amines) is 1. The molecule has 1 atom stereocenters. The fourth-order valence-electron chi connectivity index (χ4n) is 2.57. The summed E-state index contributed by atoms with van der Waals surface area (Å²) in [6, 6.07) is 0. The van der Waals surface area contributed by atoms with Crippen LogP contribution in [0.5, 0.6) is 0 Å². The zero-order chi connectivity index (χ0) is 12.5. The predicted octanol–water partition coefficient (Wildman–Crippen LogP) is 1.65. The van der Waals surface area contributed by atoms with Crippen LogP contribution in [0.4, 0.5) is 0 Å². The van der Waals surface area contributed by atoms with Crippen molar-refractivity contribution in [2.75, 3.05) is 53.4 Å². The van der Waals surface area contributed by atoms with E-state index >= 15 is 0 Å². The van der Waals surface area contributed by atoms with Gasteiger partial charge in [0, 0.05) is 19.6 Å². The van der Waals surface area contributed by atoms with E-state index in [-0.39, 0.29) is 0 Å². The second kappa shape index (κ2) is 8.90. The third-order valence-electron chi connectivity index (χ3n) is 3.74. The van der Waals surface area contributed by atoms with Gasteiger partial charge in [-0.05, 0) is 58.9 Å². The molecule has 0 aliphatic carbocycles. The van der Waals surface area contributed by atoms with Crippen LogP contribution in [0.15, 0.2) is 0 Å². The van der Waals surface area contributed by atoms with E-state index in [1.807, 2.05) is 0 Å². The monoisotopic (exact) mass is 241 g/mol. The zero-order valence-electron chi connectivity index (χ0n) is 12.0. The van der Waals surface area contributed by atoms with Crippen LogP contribution in [0, 0.1) is 5.92 Å². The summed E-state index contributed by atoms with van der Waals surface area (Å²) in [5.41, 5.74) is 0. The van der Waals surface area contributed by atoms with E-state index in [1.54, 1.807) is 0 Å². The van der Waals surface area contributed by atoms with Crippen LogP contribution >= 0.6 is 0 Å². The number of piperidine rings is 1. The average molecular weight is 241 g/mol. The molecule has 0 aromatic carbocycles. The summed E-state index contributed by atoms with van der Waals surface area (Å²) in [6.07, 6.45) is 5.46. The third-order valence-corrected chi connectivity index (χ3v) is 3.74. The van der Waals surface area contributed by atoms with Gasteiger partial charge < -0.3 is 15.1 Å². The summed E-state index contributed by atoms with van der Waals surface area (Å²) < 4.78 is 0. The third kappa shape index (κ3) is 7.02. The fourth-order valence-corrected chi connectivity index (χ4v) is 2.57. The Balaban J connectivity index is 1.95. The molecule has 0 aromatic heterocycles. The molecule has 0 aromatic rings. The highest BCUT2D eigenvalue weighted by Crippen LogP contribution is 2.18. The molecule has 1 saturated heterocycles. The zero-order valence-corrected chi connectivity index (χ0v) is 12.0. The van der Waals surface area contributed by atoms with E-state index in [1.165, 1.54) is 51.9 Å². The lowest BCUT2D eigenvalue weighted by molar-refractivity contribution is 0.172. The van der Waals surface area contributed by atoms with Gasteiger partial charge in [0.25, 0.3) is 0 Å². The van der Waals surface area contributed by atoms with Crippen LogP contribution in [-0.2, 0) is 0 Å². The first kappa shape index (κ1) is 14.9. The minimum absolute atomic E-state index is 0.956. The highest BCUT2D eigenvalue weighted by Gasteiger charge is 2.17. The molecule has 1 rings (SSSR count). The van der Waals surface area contributed by atoms with Gasteiger partial charge in [-0.1, -0.05) is 13.3 Å². The smallest absolute Gasteiger partial charge is 0.0107 e. The molecule has 3 heteroatoms. The molecule has 1 aliphatic rings. The van der Waals surface area contributed by atoms with Crippen LogP contribution in [-0.4, -0.2) is 63.2 Å². The largest absolute Gasteiger partial charge is 0.315 e. The Bertz CT molecular complexity index is 182. The Morgan fingerprint density at radius 3 is 2.82 bits per heavy atom. The van der Waals surface area contributed by atoms with E-state index in [9.17, 15) is 0 Å². The number of rotatable bonds is 8. The van der Waals surface area contributed by atoms with Crippen molar-refractivity contribution in [2.24, 2.45) is 5.92 Å². The molecule has 1 fully saturated rings. The quantitative estimate of drug-likeness (QED) is 0.652. The second-order valence-electron chi connectivity index (χ2n) is 5.62. The van der Waals surface area contributed by atoms with E-state index in [4.69, 9.17) is 0 Å². The number of nitrogens with one attached hydrogen (secondary N) is 1. The lowest BCUT2D eigenvalue weighted by atomic mass is 9.96. The van der Waals surface area contributed by atoms with Crippen LogP contribution in [0.1, 0.15) is 32.6 Å². The van der Waals surface area contributed by atoms with Gasteiger partial charge in [-0.25, -0.2) is 0 Å². The molecular weight excluding hydrogens is 210 g/mol. The average Bonchev–Trinajstić information content (AvgIpc) is 2.33. The van der Waals surface area contributed by atoms with Gasteiger partial charge in [0.1, 0.15) is 0 Å². The first-order valence-corrected chi connectivity index (χ1v) is 7.30. The summed E-state index contributed by atoms with van der Waals surface area (Å²) in [7, 11) is 4.28. The van der Waals surface area contributed by atoms with Crippen molar-refractivity contribution in [2.45, 2.75) is 32.6 Å². The normalized spacial score (nSPS) is 22.2. The molecule has 0 amide bonds. The van der Waals surface area contributed by atoms with E-state index in [0.29, 0.717) is 0 Å². The van der Waals surface area contributed by atoms with E-state index in [2.05, 4.69) is 36.1 Å². The Morgan fingerprint density at radius 1 is 1.29 bits per heavy atom. The number of nitrogens with zero attached hydrogens (tertiary/aromatic N) is 2. The molecule has 1 N–H and O–H groups in total. The van der Waals surface area contributed by atoms with Crippen molar-refractivity contribution < 1.29 is 0 Å². The van der Waals surface area contributed by atoms with Crippen LogP contribution in [0.25, 0.3) is 0 Å². The Kier molecular flexibility index (Phi) is 7.82. The Labute approximate surface area is 108 Å². The van der Waals surface area contributed by atoms with Gasteiger partial charge in [-0.3, -0.25) is 0 Å². The maximum atomic E-state index is 3.55. The molecular formula is C14H31N3. The van der Waals surface area contributed by atoms with Crippen molar-refractivity contribution in [3.63, 3.8) is 0 Å². The summed E-state index contributed by atoms with van der Waals surface area (Å²) in [5.74, 6) is 0.956. The first-order valence-electron chi connectivity index (χ1n) is 7.30. The summed E-state index contributed by atoms with van der Waals surface area (Å²) in [4.78, 5) is 4.88. The van der Waals surface area contributed by atoms with Gasteiger partial charge >= 0.3 is 0 Å². The SMILES string of the molecule is CCC1CCCN(CCNCCCN(C)C)C1. The van der Waals surface area contributed by atoms with Gasteiger partial charge in [0.05, 0.1) is 0 Å². The first-order chi connectivity index (χ1) is 8.22. The summed E-state index contributed by atoms with van der Waals surface area (Å²) in [6.45, 7) is 9.71. The molecule has 1 unspecified atom stereocenters. The van der Waals surface area contributed by atoms with Gasteiger partial charge in [0.15, 0.2) is 0 Å². The van der Waals surface area contributed by atoms with Crippen LogP contribution in [0.2, 0.25) is 0 Å². The molecule has 0 bridgehead atoms. The molecule has 0 spiro atoms. The molecule has 3 nitrogen and oxygen atoms in total. The van der Waals surface area contributed by atoms with Gasteiger partial charge in [-0.15, -0.1) is 0 Å². The Hall–Kier alpha value is -0.120. The molecule has 1 aliphatic heterocycles. The van der Waals surface area contributed by atoms with Crippen molar-refractivity contribution in [1.82, 2.24) is 15.1 Å². The number of hydrogen-bond donors (Lipinski definition) is 1.